The second-order valence-electron chi connectivity index (χ2n) is 7.54. The predicted octanol–water partition coefficient (Wildman–Crippen LogP) is 3.93. The van der Waals surface area contributed by atoms with Gasteiger partial charge in [0.15, 0.2) is 11.6 Å². The molecule has 4 atom stereocenters. The minimum atomic E-state index is -1.18. The van der Waals surface area contributed by atoms with Crippen molar-refractivity contribution in [2.24, 2.45) is 23.7 Å². The topological polar surface area (TPSA) is 71.4 Å². The van der Waals surface area contributed by atoms with Crippen LogP contribution in [0.2, 0.25) is 0 Å². The number of benzene rings is 1. The quantitative estimate of drug-likeness (QED) is 0.704. The molecule has 0 amide bonds. The average Bonchev–Trinajstić information content (AvgIpc) is 3.47. The third kappa shape index (κ3) is 4.41. The van der Waals surface area contributed by atoms with Crippen molar-refractivity contribution in [1.82, 2.24) is 0 Å². The normalized spacial score (nSPS) is 22.3. The fourth-order valence-electron chi connectivity index (χ4n) is 3.92. The number of Topliss-reactive ketones (excluding diaryl/α,β-unsaturated/α-hetero) is 1. The fraction of sp³-hybridized carbons (Fsp3) is 0.409. The van der Waals surface area contributed by atoms with Crippen molar-refractivity contribution in [2.45, 2.75) is 32.1 Å². The molecule has 0 spiro atoms. The molecule has 142 valence electrons. The summed E-state index contributed by atoms with van der Waals surface area (Å²) in [6, 6.07) is 5.66. The monoisotopic (exact) mass is 370 g/mol. The van der Waals surface area contributed by atoms with Gasteiger partial charge in [-0.05, 0) is 49.0 Å². The second kappa shape index (κ2) is 7.99. The van der Waals surface area contributed by atoms with Gasteiger partial charge < -0.3 is 5.11 Å². The summed E-state index contributed by atoms with van der Waals surface area (Å²) in [7, 11) is 0. The zero-order chi connectivity index (χ0) is 19.6. The third-order valence-corrected chi connectivity index (χ3v) is 5.49. The van der Waals surface area contributed by atoms with Gasteiger partial charge in [0.1, 0.15) is 11.7 Å². The number of ketones is 2. The van der Waals surface area contributed by atoms with E-state index in [0.29, 0.717) is 12.0 Å². The number of carboxylic acid groups (broad SMARTS) is 1. The van der Waals surface area contributed by atoms with Gasteiger partial charge in [-0.15, -0.1) is 0 Å². The van der Waals surface area contributed by atoms with Crippen molar-refractivity contribution in [2.75, 3.05) is 0 Å². The Morgan fingerprint density at radius 2 is 1.85 bits per heavy atom. The van der Waals surface area contributed by atoms with E-state index in [1.54, 1.807) is 30.4 Å². The van der Waals surface area contributed by atoms with Crippen LogP contribution in [-0.2, 0) is 14.4 Å². The summed E-state index contributed by atoms with van der Waals surface area (Å²) in [4.78, 5) is 36.9. The molecule has 1 saturated carbocycles. The van der Waals surface area contributed by atoms with Gasteiger partial charge in [-0.1, -0.05) is 37.3 Å². The summed E-state index contributed by atoms with van der Waals surface area (Å²) in [5, 5.41) is 9.83. The maximum atomic E-state index is 13.4. The number of halogens is 1. The summed E-state index contributed by atoms with van der Waals surface area (Å²) in [6.45, 7) is 1.86. The molecule has 4 unspecified atom stereocenters. The van der Waals surface area contributed by atoms with Crippen LogP contribution in [0.5, 0.6) is 0 Å². The smallest absolute Gasteiger partial charge is 0.314 e. The molecule has 3 rings (SSSR count). The zero-order valence-corrected chi connectivity index (χ0v) is 15.2. The Morgan fingerprint density at radius 1 is 1.19 bits per heavy atom. The van der Waals surface area contributed by atoms with E-state index < -0.39 is 23.6 Å². The van der Waals surface area contributed by atoms with Crippen molar-refractivity contribution in [3.63, 3.8) is 0 Å². The lowest BCUT2D eigenvalue weighted by Gasteiger charge is -2.31. The number of hydrogen-bond donors (Lipinski definition) is 1. The maximum Gasteiger partial charge on any atom is 0.314 e. The van der Waals surface area contributed by atoms with Gasteiger partial charge in [-0.3, -0.25) is 14.4 Å². The van der Waals surface area contributed by atoms with Crippen molar-refractivity contribution in [3.05, 3.63) is 60.0 Å². The third-order valence-electron chi connectivity index (χ3n) is 5.49. The number of rotatable bonds is 8. The van der Waals surface area contributed by atoms with Gasteiger partial charge in [-0.2, -0.15) is 0 Å². The highest BCUT2D eigenvalue weighted by Gasteiger charge is 2.45. The molecule has 4 nitrogen and oxygen atoms in total. The highest BCUT2D eigenvalue weighted by Crippen LogP contribution is 2.42. The number of aliphatic carboxylic acids is 1. The summed E-state index contributed by atoms with van der Waals surface area (Å²) < 4.78 is 13.4. The number of carbonyl (C=O) groups is 3. The lowest BCUT2D eigenvalue weighted by Crippen LogP contribution is -2.35. The molecule has 1 fully saturated rings. The van der Waals surface area contributed by atoms with E-state index in [9.17, 15) is 23.9 Å². The molecule has 27 heavy (non-hydrogen) atoms. The first-order valence-corrected chi connectivity index (χ1v) is 9.29. The van der Waals surface area contributed by atoms with E-state index in [0.717, 1.165) is 12.8 Å². The molecule has 0 heterocycles. The lowest BCUT2D eigenvalue weighted by atomic mass is 9.71. The Kier molecular flexibility index (Phi) is 5.68. The van der Waals surface area contributed by atoms with E-state index in [4.69, 9.17) is 0 Å². The summed E-state index contributed by atoms with van der Waals surface area (Å²) in [5.41, 5.74) is 0.619. The molecule has 2 aliphatic carbocycles. The van der Waals surface area contributed by atoms with Crippen LogP contribution in [0.3, 0.4) is 0 Å². The minimum absolute atomic E-state index is 0.0254. The first-order chi connectivity index (χ1) is 12.9. The van der Waals surface area contributed by atoms with Gasteiger partial charge in [0.25, 0.3) is 0 Å². The summed E-state index contributed by atoms with van der Waals surface area (Å²) in [6.07, 6.45) is 8.67. The molecule has 5 heteroatoms. The van der Waals surface area contributed by atoms with Crippen molar-refractivity contribution >= 4 is 17.5 Å². The Morgan fingerprint density at radius 3 is 2.41 bits per heavy atom. The number of carboxylic acids is 1. The van der Waals surface area contributed by atoms with Gasteiger partial charge in [0, 0.05) is 17.8 Å². The molecule has 0 saturated heterocycles. The van der Waals surface area contributed by atoms with Gasteiger partial charge >= 0.3 is 5.97 Å². The van der Waals surface area contributed by atoms with Crippen molar-refractivity contribution in [1.29, 1.82) is 0 Å². The molecule has 1 aromatic carbocycles. The van der Waals surface area contributed by atoms with Gasteiger partial charge in [-0.25, -0.2) is 4.39 Å². The largest absolute Gasteiger partial charge is 0.481 e. The van der Waals surface area contributed by atoms with Crippen LogP contribution in [0, 0.1) is 29.5 Å². The van der Waals surface area contributed by atoms with Crippen LogP contribution in [-0.4, -0.2) is 22.6 Å². The summed E-state index contributed by atoms with van der Waals surface area (Å²) in [5.74, 6) is -4.42. The average molecular weight is 370 g/mol. The molecular formula is C22H23FO4. The molecule has 0 bridgehead atoms. The highest BCUT2D eigenvalue weighted by atomic mass is 19.1. The first kappa shape index (κ1) is 19.2. The van der Waals surface area contributed by atoms with Crippen LogP contribution in [0.15, 0.2) is 48.6 Å². The van der Waals surface area contributed by atoms with E-state index in [1.807, 2.05) is 6.92 Å². The van der Waals surface area contributed by atoms with Gasteiger partial charge in [0.05, 0.1) is 0 Å². The van der Waals surface area contributed by atoms with Crippen LogP contribution >= 0.6 is 0 Å². The highest BCUT2D eigenvalue weighted by molar-refractivity contribution is 6.01. The molecule has 0 aromatic heterocycles. The molecule has 0 aliphatic heterocycles. The van der Waals surface area contributed by atoms with Crippen LogP contribution in [0.25, 0.3) is 0 Å². The Balaban J connectivity index is 1.92. The Hall–Kier alpha value is -2.56. The molecular weight excluding hydrogens is 347 g/mol. The van der Waals surface area contributed by atoms with Crippen molar-refractivity contribution < 1.29 is 23.9 Å². The van der Waals surface area contributed by atoms with Gasteiger partial charge in [0.2, 0.25) is 0 Å². The maximum absolute atomic E-state index is 13.4. The predicted molar refractivity (Wildman–Crippen MR) is 98.6 cm³/mol. The standard InChI is InChI=1S/C22H23FO4/c1-13(12-16-4-2-3-5-18(16)24)19(14-8-10-17(23)11-9-14)20(22(26)27)21(25)15-6-7-15/h2-5,8-11,13,15-16,19-20H,6-7,12H2,1H3,(H,26,27). The Bertz CT molecular complexity index is 789. The zero-order valence-electron chi connectivity index (χ0n) is 15.2. The molecule has 1 aromatic rings. The van der Waals surface area contributed by atoms with E-state index in [2.05, 4.69) is 0 Å². The van der Waals surface area contributed by atoms with Crippen LogP contribution in [0.4, 0.5) is 4.39 Å². The minimum Gasteiger partial charge on any atom is -0.481 e. The van der Waals surface area contributed by atoms with E-state index in [-0.39, 0.29) is 29.3 Å². The van der Waals surface area contributed by atoms with Crippen LogP contribution < -0.4 is 0 Å². The number of carbonyl (C=O) groups excluding carboxylic acids is 2. The fourth-order valence-corrected chi connectivity index (χ4v) is 3.92. The van der Waals surface area contributed by atoms with Crippen molar-refractivity contribution in [3.8, 4) is 0 Å². The molecule has 2 aliphatic rings. The van der Waals surface area contributed by atoms with Crippen LogP contribution in [0.1, 0.15) is 37.7 Å². The first-order valence-electron chi connectivity index (χ1n) is 9.29. The molecule has 0 radical (unpaired) electrons. The Labute approximate surface area is 157 Å². The van der Waals surface area contributed by atoms with E-state index >= 15 is 0 Å². The second-order valence-corrected chi connectivity index (χ2v) is 7.54. The summed E-state index contributed by atoms with van der Waals surface area (Å²) >= 11 is 0. The number of allylic oxidation sites excluding steroid dienone is 4. The van der Waals surface area contributed by atoms with E-state index in [1.165, 1.54) is 18.2 Å². The lowest BCUT2D eigenvalue weighted by molar-refractivity contribution is -0.148. The molecule has 1 N–H and O–H groups in total. The SMILES string of the molecule is CC(CC1C=CC=CC1=O)C(c1ccc(F)cc1)C(C(=O)O)C(=O)C1CC1. The number of hydrogen-bond acceptors (Lipinski definition) is 3.